The van der Waals surface area contributed by atoms with Crippen LogP contribution in [0.25, 0.3) is 10.2 Å². The van der Waals surface area contributed by atoms with E-state index in [1.807, 2.05) is 25.6 Å². The molecule has 0 radical (unpaired) electrons. The summed E-state index contributed by atoms with van der Waals surface area (Å²) in [7, 11) is 3.83. The lowest BCUT2D eigenvalue weighted by molar-refractivity contribution is -0.459. The lowest BCUT2D eigenvalue weighted by Gasteiger charge is -2.33. The lowest BCUT2D eigenvalue weighted by atomic mass is 9.72. The molecule has 1 unspecified atom stereocenters. The van der Waals surface area contributed by atoms with Crippen molar-refractivity contribution in [2.45, 2.75) is 47.0 Å². The number of hydrogen-bond donors (Lipinski definition) is 1. The molecule has 0 amide bonds. The minimum Gasteiger partial charge on any atom is -0.272 e. The predicted octanol–water partition coefficient (Wildman–Crippen LogP) is 2.76. The molecule has 0 saturated heterocycles. The smallest absolute Gasteiger partial charge is 0.272 e. The standard InChI is InChI=1S/C18H26N4OS/c1-11-20-16-15(17(23)22(11)19-10-21(5)6)13-8-7-12(18(2,3)4)9-14(13)24-16/h10,12H,7-9H2,1-6H3/p+1. The second kappa shape index (κ2) is 5.99. The van der Waals surface area contributed by atoms with Crippen LogP contribution < -0.4 is 11.0 Å². The third-order valence-corrected chi connectivity index (χ3v) is 6.07. The average Bonchev–Trinajstić information content (AvgIpc) is 2.82. The highest BCUT2D eigenvalue weighted by atomic mass is 32.1. The van der Waals surface area contributed by atoms with E-state index < -0.39 is 0 Å². The van der Waals surface area contributed by atoms with Crippen LogP contribution in [0, 0.1) is 18.3 Å². The van der Waals surface area contributed by atoms with Crippen LogP contribution in [0.4, 0.5) is 0 Å². The Hall–Kier alpha value is -1.69. The van der Waals surface area contributed by atoms with Crippen molar-refractivity contribution in [3.8, 4) is 0 Å². The highest BCUT2D eigenvalue weighted by Gasteiger charge is 2.32. The molecule has 2 aromatic rings. The van der Waals surface area contributed by atoms with Crippen molar-refractivity contribution in [2.24, 2.45) is 11.3 Å². The van der Waals surface area contributed by atoms with E-state index in [1.165, 1.54) is 10.4 Å². The van der Waals surface area contributed by atoms with Crippen molar-refractivity contribution in [3.05, 3.63) is 26.6 Å². The van der Waals surface area contributed by atoms with Gasteiger partial charge in [-0.05, 0) is 43.1 Å². The summed E-state index contributed by atoms with van der Waals surface area (Å²) in [6.45, 7) is 8.80. The summed E-state index contributed by atoms with van der Waals surface area (Å²) in [6.07, 6.45) is 4.95. The summed E-state index contributed by atoms with van der Waals surface area (Å²) in [5, 5.41) is 0.813. The number of nitrogens with one attached hydrogen (secondary N) is 1. The van der Waals surface area contributed by atoms with Gasteiger partial charge >= 0.3 is 0 Å². The Morgan fingerprint density at radius 3 is 2.71 bits per heavy atom. The van der Waals surface area contributed by atoms with Crippen molar-refractivity contribution in [1.29, 1.82) is 0 Å². The van der Waals surface area contributed by atoms with E-state index >= 15 is 0 Å². The van der Waals surface area contributed by atoms with Crippen molar-refractivity contribution < 1.29 is 4.58 Å². The number of fused-ring (bicyclic) bond motifs is 3. The molecule has 2 heterocycles. The van der Waals surface area contributed by atoms with Gasteiger partial charge in [0.2, 0.25) is 0 Å². The molecule has 1 N–H and O–H groups in total. The molecule has 24 heavy (non-hydrogen) atoms. The van der Waals surface area contributed by atoms with Gasteiger partial charge in [0.25, 0.3) is 11.9 Å². The molecule has 1 aliphatic carbocycles. The predicted molar refractivity (Wildman–Crippen MR) is 101 cm³/mol. The van der Waals surface area contributed by atoms with Crippen LogP contribution in [0.15, 0.2) is 4.79 Å². The Balaban J connectivity index is 2.10. The number of thiophene rings is 1. The van der Waals surface area contributed by atoms with Crippen LogP contribution in [0.2, 0.25) is 0 Å². The Kier molecular flexibility index (Phi) is 4.28. The maximum Gasteiger partial charge on any atom is 0.298 e. The first kappa shape index (κ1) is 17.1. The van der Waals surface area contributed by atoms with Crippen molar-refractivity contribution >= 4 is 27.9 Å². The summed E-state index contributed by atoms with van der Waals surface area (Å²) in [4.78, 5) is 19.9. The molecule has 0 spiro atoms. The molecule has 1 atom stereocenters. The molecule has 1 aliphatic rings. The Labute approximate surface area is 147 Å². The van der Waals surface area contributed by atoms with Gasteiger partial charge in [0, 0.05) is 4.88 Å². The summed E-state index contributed by atoms with van der Waals surface area (Å²) >= 11 is 1.71. The maximum absolute atomic E-state index is 13.0. The second-order valence-electron chi connectivity index (χ2n) is 8.01. The minimum absolute atomic E-state index is 0.0160. The summed E-state index contributed by atoms with van der Waals surface area (Å²) in [5.74, 6) is 1.36. The highest BCUT2D eigenvalue weighted by molar-refractivity contribution is 7.18. The van der Waals surface area contributed by atoms with Gasteiger partial charge in [0.15, 0.2) is 5.82 Å². The zero-order chi connectivity index (χ0) is 17.6. The fourth-order valence-electron chi connectivity index (χ4n) is 3.39. The van der Waals surface area contributed by atoms with Gasteiger partial charge < -0.3 is 0 Å². The van der Waals surface area contributed by atoms with Crippen molar-refractivity contribution in [2.75, 3.05) is 19.5 Å². The van der Waals surface area contributed by atoms with Crippen LogP contribution in [-0.4, -0.2) is 34.7 Å². The number of hydrogen-bond acceptors (Lipinski definition) is 3. The molecule has 3 rings (SSSR count). The van der Waals surface area contributed by atoms with Gasteiger partial charge in [0.1, 0.15) is 4.83 Å². The van der Waals surface area contributed by atoms with Gasteiger partial charge in [-0.25, -0.2) is 4.98 Å². The van der Waals surface area contributed by atoms with Crippen molar-refractivity contribution in [1.82, 2.24) is 9.66 Å². The molecule has 130 valence electrons. The first-order chi connectivity index (χ1) is 11.2. The average molecular weight is 348 g/mol. The van der Waals surface area contributed by atoms with Crippen LogP contribution in [0.1, 0.15) is 43.5 Å². The maximum atomic E-state index is 13.0. The van der Waals surface area contributed by atoms with E-state index in [4.69, 9.17) is 0 Å². The van der Waals surface area contributed by atoms with E-state index in [-0.39, 0.29) is 5.56 Å². The summed E-state index contributed by atoms with van der Waals surface area (Å²) in [6, 6.07) is 0. The molecule has 2 aromatic heterocycles. The first-order valence-corrected chi connectivity index (χ1v) is 9.30. The third kappa shape index (κ3) is 2.99. The molecule has 0 aliphatic heterocycles. The van der Waals surface area contributed by atoms with Crippen molar-refractivity contribution in [3.63, 3.8) is 0 Å². The number of aromatic nitrogens is 2. The SMILES string of the molecule is Cc1nc2sc3c(c2c(=O)n1NC=[N+](C)C)CCC(C(C)(C)C)C3. The van der Waals surface area contributed by atoms with Crippen LogP contribution in [0.3, 0.4) is 0 Å². The topological polar surface area (TPSA) is 49.9 Å². The van der Waals surface area contributed by atoms with Gasteiger partial charge in [-0.1, -0.05) is 20.8 Å². The third-order valence-electron chi connectivity index (χ3n) is 4.92. The van der Waals surface area contributed by atoms with E-state index in [1.54, 1.807) is 22.4 Å². The first-order valence-electron chi connectivity index (χ1n) is 8.48. The molecule has 0 bridgehead atoms. The van der Waals surface area contributed by atoms with Gasteiger partial charge in [-0.15, -0.1) is 16.0 Å². The van der Waals surface area contributed by atoms with E-state index in [9.17, 15) is 4.79 Å². The zero-order valence-corrected chi connectivity index (χ0v) is 16.3. The Bertz CT molecular complexity index is 866. The van der Waals surface area contributed by atoms with Crippen LogP contribution in [0.5, 0.6) is 0 Å². The van der Waals surface area contributed by atoms with Gasteiger partial charge in [-0.2, -0.15) is 5.43 Å². The Morgan fingerprint density at radius 2 is 2.08 bits per heavy atom. The molecule has 0 saturated carbocycles. The molecule has 0 aromatic carbocycles. The second-order valence-corrected chi connectivity index (χ2v) is 9.09. The molecule has 0 fully saturated rings. The highest BCUT2D eigenvalue weighted by Crippen LogP contribution is 2.41. The largest absolute Gasteiger partial charge is 0.298 e. The monoisotopic (exact) mass is 347 g/mol. The van der Waals surface area contributed by atoms with E-state index in [0.717, 1.165) is 29.5 Å². The fraction of sp³-hybridized carbons (Fsp3) is 0.611. The summed E-state index contributed by atoms with van der Waals surface area (Å²) in [5.41, 5.74) is 4.60. The minimum atomic E-state index is 0.0160. The van der Waals surface area contributed by atoms with Gasteiger partial charge in [0.05, 0.1) is 19.5 Å². The summed E-state index contributed by atoms with van der Waals surface area (Å²) < 4.78 is 3.41. The molecule has 6 heteroatoms. The molecular weight excluding hydrogens is 320 g/mol. The number of aryl methyl sites for hydroxylation is 2. The number of nitrogens with zero attached hydrogens (tertiary/aromatic N) is 3. The fourth-order valence-corrected chi connectivity index (χ4v) is 4.73. The molecular formula is C18H27N4OS+. The van der Waals surface area contributed by atoms with E-state index in [2.05, 4.69) is 31.2 Å². The Morgan fingerprint density at radius 1 is 1.38 bits per heavy atom. The zero-order valence-electron chi connectivity index (χ0n) is 15.4. The van der Waals surface area contributed by atoms with Crippen LogP contribution >= 0.6 is 11.3 Å². The van der Waals surface area contributed by atoms with Gasteiger partial charge in [-0.3, -0.25) is 9.37 Å². The van der Waals surface area contributed by atoms with Crippen LogP contribution in [-0.2, 0) is 12.8 Å². The quantitative estimate of drug-likeness (QED) is 0.516. The number of rotatable bonds is 2. The normalized spacial score (nSPS) is 17.7. The van der Waals surface area contributed by atoms with E-state index in [0.29, 0.717) is 17.2 Å². The molecule has 5 nitrogen and oxygen atoms in total. The lowest BCUT2D eigenvalue weighted by Crippen LogP contribution is -2.33.